The van der Waals surface area contributed by atoms with Gasteiger partial charge in [0.2, 0.25) is 0 Å². The Kier molecular flexibility index (Phi) is 9.49. The number of allylic oxidation sites excluding steroid dienone is 1. The molecule has 0 aromatic carbocycles. The summed E-state index contributed by atoms with van der Waals surface area (Å²) in [5.41, 5.74) is 5.55. The molecule has 88 valence electrons. The van der Waals surface area contributed by atoms with Gasteiger partial charge >= 0.3 is 0 Å². The van der Waals surface area contributed by atoms with Gasteiger partial charge in [-0.05, 0) is 31.7 Å². The number of nitrogens with two attached hydrogens (primary N) is 1. The van der Waals surface area contributed by atoms with E-state index in [1.165, 1.54) is 12.8 Å². The third-order valence-corrected chi connectivity index (χ3v) is 2.73. The molecule has 0 saturated carbocycles. The average molecular weight is 211 g/mol. The Morgan fingerprint density at radius 1 is 1.33 bits per heavy atom. The van der Waals surface area contributed by atoms with Crippen molar-refractivity contribution in [3.63, 3.8) is 0 Å². The fourth-order valence-electron chi connectivity index (χ4n) is 1.83. The van der Waals surface area contributed by atoms with E-state index >= 15 is 0 Å². The first-order valence-corrected chi connectivity index (χ1v) is 6.07. The van der Waals surface area contributed by atoms with E-state index < -0.39 is 0 Å². The SMILES string of the molecule is C=CCCC(=O)CCC(CCC)CCN. The van der Waals surface area contributed by atoms with Gasteiger partial charge in [-0.2, -0.15) is 0 Å². The van der Waals surface area contributed by atoms with Crippen LogP contribution >= 0.6 is 0 Å². The first-order valence-electron chi connectivity index (χ1n) is 6.07. The Hall–Kier alpha value is -0.630. The molecule has 0 bridgehead atoms. The molecule has 0 spiro atoms. The Morgan fingerprint density at radius 3 is 2.60 bits per heavy atom. The molecule has 15 heavy (non-hydrogen) atoms. The van der Waals surface area contributed by atoms with Gasteiger partial charge in [-0.25, -0.2) is 0 Å². The van der Waals surface area contributed by atoms with Gasteiger partial charge in [0.25, 0.3) is 0 Å². The van der Waals surface area contributed by atoms with Crippen LogP contribution in [0, 0.1) is 5.92 Å². The Labute approximate surface area is 93.9 Å². The minimum absolute atomic E-state index is 0.369. The number of carbonyl (C=O) groups is 1. The molecule has 0 radical (unpaired) electrons. The quantitative estimate of drug-likeness (QED) is 0.564. The summed E-state index contributed by atoms with van der Waals surface area (Å²) in [7, 11) is 0. The lowest BCUT2D eigenvalue weighted by atomic mass is 9.93. The van der Waals surface area contributed by atoms with Crippen LogP contribution in [0.5, 0.6) is 0 Å². The van der Waals surface area contributed by atoms with Gasteiger partial charge in [0.1, 0.15) is 5.78 Å². The van der Waals surface area contributed by atoms with Crippen LogP contribution in [-0.4, -0.2) is 12.3 Å². The van der Waals surface area contributed by atoms with E-state index in [-0.39, 0.29) is 0 Å². The molecule has 2 N–H and O–H groups in total. The summed E-state index contributed by atoms with van der Waals surface area (Å²) in [5, 5.41) is 0. The predicted molar refractivity (Wildman–Crippen MR) is 65.7 cm³/mol. The Morgan fingerprint density at radius 2 is 2.07 bits per heavy atom. The molecule has 0 saturated heterocycles. The van der Waals surface area contributed by atoms with Crippen molar-refractivity contribution in [1.29, 1.82) is 0 Å². The third-order valence-electron chi connectivity index (χ3n) is 2.73. The molecule has 0 aromatic rings. The van der Waals surface area contributed by atoms with Gasteiger partial charge in [-0.3, -0.25) is 4.79 Å². The zero-order valence-electron chi connectivity index (χ0n) is 10.0. The first kappa shape index (κ1) is 14.4. The maximum atomic E-state index is 11.4. The highest BCUT2D eigenvalue weighted by Gasteiger charge is 2.09. The monoisotopic (exact) mass is 211 g/mol. The van der Waals surface area contributed by atoms with Crippen LogP contribution in [0.25, 0.3) is 0 Å². The number of rotatable bonds is 10. The van der Waals surface area contributed by atoms with Crippen molar-refractivity contribution in [2.75, 3.05) is 6.54 Å². The van der Waals surface area contributed by atoms with Crippen molar-refractivity contribution in [3.8, 4) is 0 Å². The highest BCUT2D eigenvalue weighted by Crippen LogP contribution is 2.17. The summed E-state index contributed by atoms with van der Waals surface area (Å²) in [5.74, 6) is 1.01. The Balaban J connectivity index is 3.66. The summed E-state index contributed by atoms with van der Waals surface area (Å²) in [6.45, 7) is 6.54. The van der Waals surface area contributed by atoms with E-state index in [2.05, 4.69) is 13.5 Å². The lowest BCUT2D eigenvalue weighted by Crippen LogP contribution is -2.10. The number of hydrogen-bond donors (Lipinski definition) is 1. The topological polar surface area (TPSA) is 43.1 Å². The molecule has 0 heterocycles. The summed E-state index contributed by atoms with van der Waals surface area (Å²) in [6, 6.07) is 0. The number of carbonyl (C=O) groups excluding carboxylic acids is 1. The molecule has 2 heteroatoms. The van der Waals surface area contributed by atoms with Gasteiger partial charge in [0.05, 0.1) is 0 Å². The van der Waals surface area contributed by atoms with Crippen molar-refractivity contribution < 1.29 is 4.79 Å². The van der Waals surface area contributed by atoms with Crippen molar-refractivity contribution in [2.45, 2.75) is 51.9 Å². The molecule has 0 aliphatic heterocycles. The molecule has 1 unspecified atom stereocenters. The average Bonchev–Trinajstić information content (AvgIpc) is 2.23. The van der Waals surface area contributed by atoms with Gasteiger partial charge < -0.3 is 5.73 Å². The fraction of sp³-hybridized carbons (Fsp3) is 0.769. The molecule has 1 atom stereocenters. The zero-order chi connectivity index (χ0) is 11.5. The molecule has 0 rings (SSSR count). The maximum Gasteiger partial charge on any atom is 0.133 e. The van der Waals surface area contributed by atoms with E-state index in [4.69, 9.17) is 5.73 Å². The van der Waals surface area contributed by atoms with E-state index in [0.717, 1.165) is 32.2 Å². The molecular weight excluding hydrogens is 186 g/mol. The number of Topliss-reactive ketones (excluding diaryl/α,β-unsaturated/α-hetero) is 1. The summed E-state index contributed by atoms with van der Waals surface area (Å²) in [6.07, 6.45) is 8.46. The molecular formula is C13H25NO. The highest BCUT2D eigenvalue weighted by atomic mass is 16.1. The lowest BCUT2D eigenvalue weighted by molar-refractivity contribution is -0.119. The normalized spacial score (nSPS) is 12.4. The van der Waals surface area contributed by atoms with Crippen molar-refractivity contribution in [1.82, 2.24) is 0 Å². The minimum Gasteiger partial charge on any atom is -0.330 e. The minimum atomic E-state index is 0.369. The van der Waals surface area contributed by atoms with Crippen molar-refractivity contribution in [2.24, 2.45) is 11.7 Å². The van der Waals surface area contributed by atoms with Crippen LogP contribution < -0.4 is 5.73 Å². The molecule has 0 amide bonds. The summed E-state index contributed by atoms with van der Waals surface area (Å²) >= 11 is 0. The van der Waals surface area contributed by atoms with Gasteiger partial charge in [0.15, 0.2) is 0 Å². The summed E-state index contributed by atoms with van der Waals surface area (Å²) < 4.78 is 0. The third kappa shape index (κ3) is 8.37. The standard InChI is InChI=1S/C13H25NO/c1-3-5-7-13(15)9-8-12(6-4-2)10-11-14/h3,12H,1,4-11,14H2,2H3. The van der Waals surface area contributed by atoms with Gasteiger partial charge in [0, 0.05) is 12.8 Å². The predicted octanol–water partition coefficient (Wildman–Crippen LogP) is 3.07. The first-order chi connectivity index (χ1) is 7.24. The smallest absolute Gasteiger partial charge is 0.133 e. The van der Waals surface area contributed by atoms with E-state index in [1.807, 2.05) is 0 Å². The second-order valence-corrected chi connectivity index (χ2v) is 4.14. The highest BCUT2D eigenvalue weighted by molar-refractivity contribution is 5.78. The molecule has 0 aromatic heterocycles. The molecule has 0 fully saturated rings. The van der Waals surface area contributed by atoms with Crippen molar-refractivity contribution >= 4 is 5.78 Å². The van der Waals surface area contributed by atoms with Crippen LogP contribution in [0.3, 0.4) is 0 Å². The van der Waals surface area contributed by atoms with E-state index in [1.54, 1.807) is 6.08 Å². The second kappa shape index (κ2) is 9.91. The Bertz CT molecular complexity index is 171. The van der Waals surface area contributed by atoms with Crippen LogP contribution in [0.2, 0.25) is 0 Å². The van der Waals surface area contributed by atoms with E-state index in [9.17, 15) is 4.79 Å². The number of hydrogen-bond acceptors (Lipinski definition) is 2. The van der Waals surface area contributed by atoms with Gasteiger partial charge in [-0.15, -0.1) is 6.58 Å². The lowest BCUT2D eigenvalue weighted by Gasteiger charge is -2.14. The van der Waals surface area contributed by atoms with Gasteiger partial charge in [-0.1, -0.05) is 25.8 Å². The van der Waals surface area contributed by atoms with E-state index in [0.29, 0.717) is 18.1 Å². The second-order valence-electron chi connectivity index (χ2n) is 4.14. The molecule has 2 nitrogen and oxygen atoms in total. The number of ketones is 1. The fourth-order valence-corrected chi connectivity index (χ4v) is 1.83. The maximum absolute atomic E-state index is 11.4. The van der Waals surface area contributed by atoms with Crippen LogP contribution in [0.1, 0.15) is 51.9 Å². The molecule has 0 aliphatic rings. The van der Waals surface area contributed by atoms with Crippen LogP contribution in [0.15, 0.2) is 12.7 Å². The zero-order valence-corrected chi connectivity index (χ0v) is 10.0. The van der Waals surface area contributed by atoms with Crippen LogP contribution in [0.4, 0.5) is 0 Å². The van der Waals surface area contributed by atoms with Crippen molar-refractivity contribution in [3.05, 3.63) is 12.7 Å². The van der Waals surface area contributed by atoms with Crippen LogP contribution in [-0.2, 0) is 4.79 Å². The summed E-state index contributed by atoms with van der Waals surface area (Å²) in [4.78, 5) is 11.4. The molecule has 0 aliphatic carbocycles. The largest absolute Gasteiger partial charge is 0.330 e.